The van der Waals surface area contributed by atoms with Gasteiger partial charge in [0.1, 0.15) is 5.82 Å². The first kappa shape index (κ1) is 14.1. The van der Waals surface area contributed by atoms with Crippen molar-refractivity contribution in [3.63, 3.8) is 0 Å². The molecular weight excluding hydrogens is 286 g/mol. The molecule has 0 spiro atoms. The number of hydrogen-bond donors (Lipinski definition) is 1. The van der Waals surface area contributed by atoms with Gasteiger partial charge in [-0.3, -0.25) is 4.98 Å². The number of rotatable bonds is 2. The van der Waals surface area contributed by atoms with E-state index in [1.54, 1.807) is 25.1 Å². The van der Waals surface area contributed by atoms with E-state index < -0.39 is 0 Å². The van der Waals surface area contributed by atoms with Crippen LogP contribution in [0.15, 0.2) is 18.2 Å². The fraction of sp³-hybridized carbons (Fsp3) is 0.214. The minimum atomic E-state index is -0.358. The molecule has 0 aliphatic carbocycles. The Morgan fingerprint density at radius 3 is 2.58 bits per heavy atom. The number of anilines is 1. The summed E-state index contributed by atoms with van der Waals surface area (Å²) in [6, 6.07) is 4.84. The summed E-state index contributed by atoms with van der Waals surface area (Å²) >= 11 is 11.9. The third-order valence-electron chi connectivity index (χ3n) is 2.97. The summed E-state index contributed by atoms with van der Waals surface area (Å²) in [5, 5.41) is 0.816. The van der Waals surface area contributed by atoms with Crippen LogP contribution in [0, 0.1) is 12.7 Å². The Balaban J connectivity index is 2.66. The molecule has 0 amide bonds. The van der Waals surface area contributed by atoms with E-state index in [1.165, 1.54) is 0 Å². The van der Waals surface area contributed by atoms with Crippen molar-refractivity contribution in [2.45, 2.75) is 20.3 Å². The van der Waals surface area contributed by atoms with Gasteiger partial charge in [0.05, 0.1) is 22.1 Å². The van der Waals surface area contributed by atoms with Gasteiger partial charge in [0.2, 0.25) is 0 Å². The lowest BCUT2D eigenvalue weighted by Gasteiger charge is -2.11. The first-order chi connectivity index (χ1) is 8.95. The Hall–Kier alpha value is -1.32. The minimum Gasteiger partial charge on any atom is -0.397 e. The van der Waals surface area contributed by atoms with Crippen molar-refractivity contribution < 1.29 is 4.39 Å². The maximum atomic E-state index is 14.4. The molecule has 2 nitrogen and oxygen atoms in total. The average Bonchev–Trinajstić information content (AvgIpc) is 2.36. The lowest BCUT2D eigenvalue weighted by Crippen LogP contribution is -1.99. The zero-order valence-corrected chi connectivity index (χ0v) is 12.1. The summed E-state index contributed by atoms with van der Waals surface area (Å²) in [6.45, 7) is 3.58. The maximum Gasteiger partial charge on any atom is 0.137 e. The van der Waals surface area contributed by atoms with Gasteiger partial charge in [-0.2, -0.15) is 0 Å². The summed E-state index contributed by atoms with van der Waals surface area (Å²) in [4.78, 5) is 4.27. The van der Waals surface area contributed by atoms with Crippen molar-refractivity contribution in [2.75, 3.05) is 5.73 Å². The van der Waals surface area contributed by atoms with Gasteiger partial charge in [-0.05, 0) is 31.5 Å². The van der Waals surface area contributed by atoms with E-state index in [0.29, 0.717) is 44.7 Å². The van der Waals surface area contributed by atoms with Crippen molar-refractivity contribution in [3.05, 3.63) is 45.3 Å². The van der Waals surface area contributed by atoms with Crippen LogP contribution in [0.4, 0.5) is 10.1 Å². The van der Waals surface area contributed by atoms with E-state index in [9.17, 15) is 4.39 Å². The second-order valence-corrected chi connectivity index (χ2v) is 5.02. The zero-order valence-electron chi connectivity index (χ0n) is 10.6. The molecule has 5 heteroatoms. The van der Waals surface area contributed by atoms with Crippen molar-refractivity contribution in [2.24, 2.45) is 0 Å². The Bertz CT molecular complexity index is 619. The van der Waals surface area contributed by atoms with E-state index in [4.69, 9.17) is 28.9 Å². The minimum absolute atomic E-state index is 0.358. The third-order valence-corrected chi connectivity index (χ3v) is 3.81. The maximum absolute atomic E-state index is 14.4. The monoisotopic (exact) mass is 298 g/mol. The third kappa shape index (κ3) is 2.53. The molecule has 0 bridgehead atoms. The van der Waals surface area contributed by atoms with Crippen LogP contribution in [0.3, 0.4) is 0 Å². The second-order valence-electron chi connectivity index (χ2n) is 4.24. The van der Waals surface area contributed by atoms with Crippen LogP contribution >= 0.6 is 23.2 Å². The highest BCUT2D eigenvalue weighted by Crippen LogP contribution is 2.32. The van der Waals surface area contributed by atoms with Gasteiger partial charge in [0.15, 0.2) is 0 Å². The van der Waals surface area contributed by atoms with Crippen molar-refractivity contribution in [1.29, 1.82) is 0 Å². The zero-order chi connectivity index (χ0) is 14.2. The molecule has 0 saturated carbocycles. The SMILES string of the molecule is CCc1c(Cl)ccc(-c2cc(N)c(Cl)c(C)n2)c1F. The number of hydrogen-bond acceptors (Lipinski definition) is 2. The summed E-state index contributed by atoms with van der Waals surface area (Å²) < 4.78 is 14.4. The summed E-state index contributed by atoms with van der Waals surface area (Å²) in [5.41, 5.74) is 8.07. The molecule has 2 rings (SSSR count). The number of benzene rings is 1. The molecule has 0 saturated heterocycles. The second kappa shape index (κ2) is 5.35. The number of pyridine rings is 1. The standard InChI is InChI=1S/C14H13Cl2FN2/c1-3-8-10(15)5-4-9(14(8)17)12-6-11(18)13(16)7(2)19-12/h4-6H,3H2,1-2H3,(H2,18,19). The lowest BCUT2D eigenvalue weighted by atomic mass is 10.0. The Labute approximate surface area is 121 Å². The molecular formula is C14H13Cl2FN2. The van der Waals surface area contributed by atoms with Crippen LogP contribution in [0.25, 0.3) is 11.3 Å². The van der Waals surface area contributed by atoms with Crippen LogP contribution in [-0.4, -0.2) is 4.98 Å². The summed E-state index contributed by atoms with van der Waals surface area (Å²) in [5.74, 6) is -0.358. The molecule has 1 heterocycles. The number of nitrogens with zero attached hydrogens (tertiary/aromatic N) is 1. The number of nitrogens with two attached hydrogens (primary N) is 1. The highest BCUT2D eigenvalue weighted by atomic mass is 35.5. The van der Waals surface area contributed by atoms with Gasteiger partial charge in [-0.1, -0.05) is 30.1 Å². The van der Waals surface area contributed by atoms with Crippen LogP contribution in [0.1, 0.15) is 18.2 Å². The van der Waals surface area contributed by atoms with Crippen LogP contribution in [0.2, 0.25) is 10.0 Å². The van der Waals surface area contributed by atoms with E-state index >= 15 is 0 Å². The predicted molar refractivity (Wildman–Crippen MR) is 78.2 cm³/mol. The smallest absolute Gasteiger partial charge is 0.137 e. The largest absolute Gasteiger partial charge is 0.397 e. The highest BCUT2D eigenvalue weighted by molar-refractivity contribution is 6.33. The van der Waals surface area contributed by atoms with Gasteiger partial charge >= 0.3 is 0 Å². The van der Waals surface area contributed by atoms with Crippen LogP contribution in [0.5, 0.6) is 0 Å². The molecule has 0 aliphatic rings. The number of aryl methyl sites for hydroxylation is 1. The fourth-order valence-corrected chi connectivity index (χ4v) is 2.32. The molecule has 19 heavy (non-hydrogen) atoms. The first-order valence-corrected chi connectivity index (χ1v) is 6.61. The van der Waals surface area contributed by atoms with Gasteiger partial charge < -0.3 is 5.73 Å². The number of nitrogen functional groups attached to an aromatic ring is 1. The molecule has 0 atom stereocenters. The van der Waals surface area contributed by atoms with Gasteiger partial charge in [-0.25, -0.2) is 4.39 Å². The topological polar surface area (TPSA) is 38.9 Å². The van der Waals surface area contributed by atoms with Gasteiger partial charge in [-0.15, -0.1) is 0 Å². The van der Waals surface area contributed by atoms with Crippen molar-refractivity contribution >= 4 is 28.9 Å². The lowest BCUT2D eigenvalue weighted by molar-refractivity contribution is 0.615. The van der Waals surface area contributed by atoms with Gasteiger partial charge in [0, 0.05) is 16.1 Å². The van der Waals surface area contributed by atoms with E-state index in [-0.39, 0.29) is 5.82 Å². The summed E-state index contributed by atoms with van der Waals surface area (Å²) in [6.07, 6.45) is 0.514. The fourth-order valence-electron chi connectivity index (χ4n) is 1.94. The molecule has 2 N–H and O–H groups in total. The molecule has 0 radical (unpaired) electrons. The van der Waals surface area contributed by atoms with Crippen LogP contribution in [-0.2, 0) is 6.42 Å². The normalized spacial score (nSPS) is 10.8. The van der Waals surface area contributed by atoms with Crippen molar-refractivity contribution in [3.8, 4) is 11.3 Å². The van der Waals surface area contributed by atoms with E-state index in [0.717, 1.165) is 0 Å². The number of aromatic nitrogens is 1. The number of halogens is 3. The highest BCUT2D eigenvalue weighted by Gasteiger charge is 2.15. The van der Waals surface area contributed by atoms with Crippen molar-refractivity contribution in [1.82, 2.24) is 4.98 Å². The van der Waals surface area contributed by atoms with Crippen LogP contribution < -0.4 is 5.73 Å². The summed E-state index contributed by atoms with van der Waals surface area (Å²) in [7, 11) is 0. The molecule has 1 aromatic carbocycles. The molecule has 0 unspecified atom stereocenters. The molecule has 0 aliphatic heterocycles. The first-order valence-electron chi connectivity index (χ1n) is 5.85. The average molecular weight is 299 g/mol. The van der Waals surface area contributed by atoms with E-state index in [1.807, 2.05) is 6.92 Å². The Kier molecular flexibility index (Phi) is 3.97. The molecule has 100 valence electrons. The van der Waals surface area contributed by atoms with E-state index in [2.05, 4.69) is 4.98 Å². The molecule has 1 aromatic heterocycles. The molecule has 0 fully saturated rings. The predicted octanol–water partition coefficient (Wildman–Crippen LogP) is 4.65. The quantitative estimate of drug-likeness (QED) is 0.876. The van der Waals surface area contributed by atoms with Gasteiger partial charge in [0.25, 0.3) is 0 Å². The molecule has 2 aromatic rings. The Morgan fingerprint density at radius 2 is 2.00 bits per heavy atom. The Morgan fingerprint density at radius 1 is 1.32 bits per heavy atom.